The maximum absolute atomic E-state index is 12.3. The molecule has 0 aliphatic rings. The summed E-state index contributed by atoms with van der Waals surface area (Å²) in [7, 11) is 0. The van der Waals surface area contributed by atoms with E-state index in [-0.39, 0.29) is 10.7 Å². The second kappa shape index (κ2) is 9.21. The number of nitrogens with one attached hydrogen (secondary N) is 1. The first-order valence-corrected chi connectivity index (χ1v) is 9.24. The highest BCUT2D eigenvalue weighted by atomic mass is 35.5. The molecule has 0 fully saturated rings. The summed E-state index contributed by atoms with van der Waals surface area (Å²) >= 11 is 6.04. The predicted molar refractivity (Wildman–Crippen MR) is 111 cm³/mol. The van der Waals surface area contributed by atoms with Crippen LogP contribution in [0.1, 0.15) is 21.6 Å². The van der Waals surface area contributed by atoms with Crippen LogP contribution in [-0.2, 0) is 9.53 Å². The molecule has 0 saturated heterocycles. The number of nitrogens with zero attached hydrogens (tertiary/aromatic N) is 1. The first kappa shape index (κ1) is 20.4. The first-order chi connectivity index (χ1) is 13.9. The number of hydrogen-bond donors (Lipinski definition) is 1. The average molecular weight is 411 g/mol. The van der Waals surface area contributed by atoms with Crippen molar-refractivity contribution in [2.75, 3.05) is 11.9 Å². The van der Waals surface area contributed by atoms with Crippen LogP contribution in [0.25, 0.3) is 0 Å². The van der Waals surface area contributed by atoms with Crippen molar-refractivity contribution in [1.29, 1.82) is 0 Å². The number of para-hydroxylation sites is 3. The summed E-state index contributed by atoms with van der Waals surface area (Å²) in [6.45, 7) is 3.03. The third kappa shape index (κ3) is 5.33. The van der Waals surface area contributed by atoms with Gasteiger partial charge in [-0.3, -0.25) is 4.79 Å². The minimum atomic E-state index is -0.705. The van der Waals surface area contributed by atoms with Crippen molar-refractivity contribution in [3.63, 3.8) is 0 Å². The van der Waals surface area contributed by atoms with E-state index in [1.54, 1.807) is 44.2 Å². The molecule has 1 heterocycles. The first-order valence-electron chi connectivity index (χ1n) is 8.86. The van der Waals surface area contributed by atoms with Gasteiger partial charge < -0.3 is 14.8 Å². The molecule has 6 nitrogen and oxygen atoms in total. The minimum Gasteiger partial charge on any atom is -0.455 e. The molecule has 0 aliphatic carbocycles. The van der Waals surface area contributed by atoms with Crippen LogP contribution in [-0.4, -0.2) is 23.5 Å². The number of pyridine rings is 1. The molecule has 3 rings (SSSR count). The number of anilines is 1. The molecule has 1 N–H and O–H groups in total. The van der Waals surface area contributed by atoms with Crippen LogP contribution in [0.3, 0.4) is 0 Å². The molecule has 148 valence electrons. The number of carbonyl (C=O) groups is 2. The molecule has 3 aromatic rings. The van der Waals surface area contributed by atoms with E-state index >= 15 is 0 Å². The number of hydrogen-bond acceptors (Lipinski definition) is 5. The normalized spacial score (nSPS) is 10.3. The van der Waals surface area contributed by atoms with E-state index in [2.05, 4.69) is 10.3 Å². The molecule has 2 aromatic carbocycles. The third-order valence-corrected chi connectivity index (χ3v) is 4.24. The summed E-state index contributed by atoms with van der Waals surface area (Å²) < 4.78 is 10.9. The number of benzene rings is 2. The molecule has 0 radical (unpaired) electrons. The second-order valence-corrected chi connectivity index (χ2v) is 6.64. The standard InChI is InChI=1S/C22H19ClN2O4/c1-14-12-15(2)24-21(23)20(14)22(27)28-13-19(26)25-17-10-6-7-11-18(17)29-16-8-4-3-5-9-16/h3-12H,13H2,1-2H3,(H,25,26). The number of halogens is 1. The van der Waals surface area contributed by atoms with Crippen molar-refractivity contribution in [2.45, 2.75) is 13.8 Å². The summed E-state index contributed by atoms with van der Waals surface area (Å²) in [5.41, 5.74) is 1.94. The van der Waals surface area contributed by atoms with E-state index in [1.165, 1.54) is 0 Å². The van der Waals surface area contributed by atoms with Gasteiger partial charge in [0.05, 0.1) is 11.3 Å². The SMILES string of the molecule is Cc1cc(C)c(C(=O)OCC(=O)Nc2ccccc2Oc2ccccc2)c(Cl)n1. The lowest BCUT2D eigenvalue weighted by Crippen LogP contribution is -2.22. The van der Waals surface area contributed by atoms with Crippen molar-refractivity contribution in [3.8, 4) is 11.5 Å². The van der Waals surface area contributed by atoms with Crippen molar-refractivity contribution in [1.82, 2.24) is 4.98 Å². The lowest BCUT2D eigenvalue weighted by Gasteiger charge is -2.13. The van der Waals surface area contributed by atoms with Crippen molar-refractivity contribution in [2.24, 2.45) is 0 Å². The van der Waals surface area contributed by atoms with Crippen LogP contribution in [0, 0.1) is 13.8 Å². The van der Waals surface area contributed by atoms with Gasteiger partial charge in [0.15, 0.2) is 12.4 Å². The van der Waals surface area contributed by atoms with E-state index in [1.807, 2.05) is 30.3 Å². The number of esters is 1. The van der Waals surface area contributed by atoms with Gasteiger partial charge in [-0.25, -0.2) is 9.78 Å². The van der Waals surface area contributed by atoms with Crippen LogP contribution >= 0.6 is 11.6 Å². The lowest BCUT2D eigenvalue weighted by molar-refractivity contribution is -0.119. The zero-order valence-electron chi connectivity index (χ0n) is 15.9. The number of aromatic nitrogens is 1. The van der Waals surface area contributed by atoms with Crippen LogP contribution in [0.2, 0.25) is 5.15 Å². The van der Waals surface area contributed by atoms with E-state index in [0.717, 1.165) is 0 Å². The predicted octanol–water partition coefficient (Wildman–Crippen LogP) is 4.94. The fourth-order valence-corrected chi connectivity index (χ4v) is 3.06. The van der Waals surface area contributed by atoms with Crippen LogP contribution in [0.5, 0.6) is 11.5 Å². The second-order valence-electron chi connectivity index (χ2n) is 6.28. The third-order valence-electron chi connectivity index (χ3n) is 3.97. The van der Waals surface area contributed by atoms with Crippen LogP contribution in [0.4, 0.5) is 5.69 Å². The van der Waals surface area contributed by atoms with Crippen LogP contribution < -0.4 is 10.1 Å². The number of amides is 1. The maximum atomic E-state index is 12.3. The number of aryl methyl sites for hydroxylation is 2. The summed E-state index contributed by atoms with van der Waals surface area (Å²) in [5.74, 6) is -0.0992. The highest BCUT2D eigenvalue weighted by Gasteiger charge is 2.18. The fraction of sp³-hybridized carbons (Fsp3) is 0.136. The molecule has 1 aromatic heterocycles. The number of carbonyl (C=O) groups excluding carboxylic acids is 2. The molecule has 0 unspecified atom stereocenters. The Hall–Kier alpha value is -3.38. The van der Waals surface area contributed by atoms with Gasteiger partial charge >= 0.3 is 5.97 Å². The smallest absolute Gasteiger partial charge is 0.342 e. The van der Waals surface area contributed by atoms with E-state index in [4.69, 9.17) is 21.1 Å². The summed E-state index contributed by atoms with van der Waals surface area (Å²) in [4.78, 5) is 28.6. The molecule has 0 aliphatic heterocycles. The van der Waals surface area contributed by atoms with E-state index in [9.17, 15) is 9.59 Å². The molecular weight excluding hydrogens is 392 g/mol. The largest absolute Gasteiger partial charge is 0.455 e. The van der Waals surface area contributed by atoms with Gasteiger partial charge in [-0.2, -0.15) is 0 Å². The molecule has 0 spiro atoms. The Morgan fingerprint density at radius 3 is 2.45 bits per heavy atom. The fourth-order valence-electron chi connectivity index (χ4n) is 2.70. The van der Waals surface area contributed by atoms with Gasteiger partial charge in [0, 0.05) is 5.69 Å². The molecule has 0 saturated carbocycles. The zero-order valence-corrected chi connectivity index (χ0v) is 16.7. The zero-order chi connectivity index (χ0) is 20.8. The monoisotopic (exact) mass is 410 g/mol. The quantitative estimate of drug-likeness (QED) is 0.460. The number of ether oxygens (including phenoxy) is 2. The maximum Gasteiger partial charge on any atom is 0.342 e. The molecule has 7 heteroatoms. The average Bonchev–Trinajstić information content (AvgIpc) is 2.68. The Morgan fingerprint density at radius 2 is 1.72 bits per heavy atom. The molecular formula is C22H19ClN2O4. The van der Waals surface area contributed by atoms with Crippen molar-refractivity contribution < 1.29 is 19.1 Å². The molecule has 0 atom stereocenters. The van der Waals surface area contributed by atoms with Gasteiger partial charge in [0.25, 0.3) is 5.91 Å². The number of rotatable bonds is 6. The lowest BCUT2D eigenvalue weighted by atomic mass is 10.1. The summed E-state index contributed by atoms with van der Waals surface area (Å²) in [6, 6.07) is 17.9. The summed E-state index contributed by atoms with van der Waals surface area (Å²) in [5, 5.41) is 2.74. The van der Waals surface area contributed by atoms with Crippen molar-refractivity contribution in [3.05, 3.63) is 82.6 Å². The Morgan fingerprint density at radius 1 is 1.03 bits per heavy atom. The Labute approximate surface area is 173 Å². The molecule has 0 bridgehead atoms. The topological polar surface area (TPSA) is 77.5 Å². The van der Waals surface area contributed by atoms with Gasteiger partial charge in [-0.1, -0.05) is 41.9 Å². The van der Waals surface area contributed by atoms with Gasteiger partial charge in [0.2, 0.25) is 0 Å². The van der Waals surface area contributed by atoms with Crippen LogP contribution in [0.15, 0.2) is 60.7 Å². The Bertz CT molecular complexity index is 1010. The van der Waals surface area contributed by atoms with E-state index < -0.39 is 18.5 Å². The van der Waals surface area contributed by atoms with Gasteiger partial charge in [0.1, 0.15) is 10.9 Å². The van der Waals surface area contributed by atoms with Gasteiger partial charge in [-0.05, 0) is 49.7 Å². The Balaban J connectivity index is 1.64. The molecule has 1 amide bonds. The van der Waals surface area contributed by atoms with Gasteiger partial charge in [-0.15, -0.1) is 0 Å². The minimum absolute atomic E-state index is 0.0505. The highest BCUT2D eigenvalue weighted by Crippen LogP contribution is 2.29. The highest BCUT2D eigenvalue weighted by molar-refractivity contribution is 6.32. The molecule has 29 heavy (non-hydrogen) atoms. The Kier molecular flexibility index (Phi) is 6.46. The van der Waals surface area contributed by atoms with Crippen molar-refractivity contribution >= 4 is 29.2 Å². The summed E-state index contributed by atoms with van der Waals surface area (Å²) in [6.07, 6.45) is 0. The van der Waals surface area contributed by atoms with E-state index in [0.29, 0.717) is 28.4 Å².